The third-order valence-electron chi connectivity index (χ3n) is 4.39. The number of benzene rings is 3. The van der Waals surface area contributed by atoms with Gasteiger partial charge >= 0.3 is 0 Å². The SMILES string of the molecule is CN(C)CCCOc1ccc(/C=N/NC(=O)c2cc3ccccc3cc2O)cc1. The molecule has 0 radical (unpaired) electrons. The maximum atomic E-state index is 12.3. The van der Waals surface area contributed by atoms with Crippen LogP contribution >= 0.6 is 0 Å². The highest BCUT2D eigenvalue weighted by Crippen LogP contribution is 2.24. The molecule has 0 saturated carbocycles. The summed E-state index contributed by atoms with van der Waals surface area (Å²) in [6.07, 6.45) is 2.51. The zero-order chi connectivity index (χ0) is 20.6. The van der Waals surface area contributed by atoms with Gasteiger partial charge < -0.3 is 14.7 Å². The van der Waals surface area contributed by atoms with E-state index in [1.807, 2.05) is 62.6 Å². The number of rotatable bonds is 8. The first-order valence-electron chi connectivity index (χ1n) is 9.46. The van der Waals surface area contributed by atoms with E-state index in [9.17, 15) is 9.90 Å². The van der Waals surface area contributed by atoms with Crippen LogP contribution in [0.25, 0.3) is 10.8 Å². The van der Waals surface area contributed by atoms with Gasteiger partial charge in [-0.1, -0.05) is 24.3 Å². The van der Waals surface area contributed by atoms with Gasteiger partial charge in [0, 0.05) is 6.54 Å². The molecule has 0 unspecified atom stereocenters. The first-order valence-corrected chi connectivity index (χ1v) is 9.46. The van der Waals surface area contributed by atoms with Gasteiger partial charge in [0.25, 0.3) is 5.91 Å². The summed E-state index contributed by atoms with van der Waals surface area (Å²) in [6, 6.07) is 18.2. The molecule has 0 heterocycles. The van der Waals surface area contributed by atoms with Crippen molar-refractivity contribution in [3.8, 4) is 11.5 Å². The van der Waals surface area contributed by atoms with Gasteiger partial charge in [-0.3, -0.25) is 4.79 Å². The summed E-state index contributed by atoms with van der Waals surface area (Å²) in [5.74, 6) is 0.253. The van der Waals surface area contributed by atoms with E-state index in [1.54, 1.807) is 18.3 Å². The minimum Gasteiger partial charge on any atom is -0.507 e. The summed E-state index contributed by atoms with van der Waals surface area (Å²) in [6.45, 7) is 1.65. The third kappa shape index (κ3) is 5.80. The standard InChI is InChI=1S/C23H25N3O3/c1-26(2)12-5-13-29-20-10-8-17(9-11-20)16-24-25-23(28)21-14-18-6-3-4-7-19(18)15-22(21)27/h3-4,6-11,14-16,27H,5,12-13H2,1-2H3,(H,25,28)/b24-16+. The summed E-state index contributed by atoms with van der Waals surface area (Å²) in [7, 11) is 4.07. The predicted octanol–water partition coefficient (Wildman–Crippen LogP) is 3.64. The first-order chi connectivity index (χ1) is 14.0. The van der Waals surface area contributed by atoms with E-state index in [0.29, 0.717) is 6.61 Å². The molecule has 0 spiro atoms. The number of nitrogens with zero attached hydrogens (tertiary/aromatic N) is 2. The van der Waals surface area contributed by atoms with Gasteiger partial charge in [-0.15, -0.1) is 0 Å². The van der Waals surface area contributed by atoms with Crippen molar-refractivity contribution in [2.75, 3.05) is 27.2 Å². The van der Waals surface area contributed by atoms with Gasteiger partial charge in [0.15, 0.2) is 0 Å². The Bertz CT molecular complexity index is 998. The molecule has 6 nitrogen and oxygen atoms in total. The number of carbonyl (C=O) groups excluding carboxylic acids is 1. The Labute approximate surface area is 170 Å². The topological polar surface area (TPSA) is 74.2 Å². The Morgan fingerprint density at radius 1 is 1.10 bits per heavy atom. The largest absolute Gasteiger partial charge is 0.507 e. The number of hydrogen-bond donors (Lipinski definition) is 2. The molecule has 0 aliphatic carbocycles. The summed E-state index contributed by atoms with van der Waals surface area (Å²) < 4.78 is 5.69. The van der Waals surface area contributed by atoms with Crippen LogP contribution in [0.2, 0.25) is 0 Å². The quantitative estimate of drug-likeness (QED) is 0.349. The van der Waals surface area contributed by atoms with Crippen molar-refractivity contribution >= 4 is 22.9 Å². The molecule has 1 amide bonds. The van der Waals surface area contributed by atoms with Crippen LogP contribution in [0.15, 0.2) is 65.8 Å². The van der Waals surface area contributed by atoms with Crippen LogP contribution in [0.3, 0.4) is 0 Å². The number of hydrogen-bond acceptors (Lipinski definition) is 5. The second-order valence-corrected chi connectivity index (χ2v) is 6.99. The molecule has 150 valence electrons. The summed E-state index contributed by atoms with van der Waals surface area (Å²) in [4.78, 5) is 14.5. The Morgan fingerprint density at radius 3 is 2.48 bits per heavy atom. The number of amides is 1. The summed E-state index contributed by atoms with van der Waals surface area (Å²) >= 11 is 0. The van der Waals surface area contributed by atoms with Gasteiger partial charge in [-0.2, -0.15) is 5.10 Å². The Kier molecular flexibility index (Phi) is 6.81. The van der Waals surface area contributed by atoms with Crippen molar-refractivity contribution in [2.24, 2.45) is 5.10 Å². The lowest BCUT2D eigenvalue weighted by Crippen LogP contribution is -2.17. The van der Waals surface area contributed by atoms with Crippen molar-refractivity contribution in [3.05, 3.63) is 71.8 Å². The molecule has 0 aliphatic rings. The fourth-order valence-electron chi connectivity index (χ4n) is 2.86. The van der Waals surface area contributed by atoms with Gasteiger partial charge in [-0.25, -0.2) is 5.43 Å². The fraction of sp³-hybridized carbons (Fsp3) is 0.217. The second kappa shape index (κ2) is 9.71. The number of ether oxygens (including phenoxy) is 1. The highest BCUT2D eigenvalue weighted by atomic mass is 16.5. The van der Waals surface area contributed by atoms with E-state index in [2.05, 4.69) is 15.4 Å². The highest BCUT2D eigenvalue weighted by Gasteiger charge is 2.11. The molecule has 0 saturated heterocycles. The number of phenols is 1. The highest BCUT2D eigenvalue weighted by molar-refractivity contribution is 6.01. The van der Waals surface area contributed by atoms with Crippen LogP contribution in [0.4, 0.5) is 0 Å². The zero-order valence-corrected chi connectivity index (χ0v) is 16.6. The Hall–Kier alpha value is -3.38. The van der Waals surface area contributed by atoms with Crippen molar-refractivity contribution < 1.29 is 14.6 Å². The Morgan fingerprint density at radius 2 is 1.79 bits per heavy atom. The fourth-order valence-corrected chi connectivity index (χ4v) is 2.86. The normalized spacial score (nSPS) is 11.3. The zero-order valence-electron chi connectivity index (χ0n) is 16.6. The number of aromatic hydroxyl groups is 1. The van der Waals surface area contributed by atoms with Crippen LogP contribution < -0.4 is 10.2 Å². The monoisotopic (exact) mass is 391 g/mol. The molecule has 0 aliphatic heterocycles. The van der Waals surface area contributed by atoms with Gasteiger partial charge in [-0.05, 0) is 73.3 Å². The van der Waals surface area contributed by atoms with E-state index in [0.717, 1.165) is 35.1 Å². The van der Waals surface area contributed by atoms with Crippen molar-refractivity contribution in [1.82, 2.24) is 10.3 Å². The van der Waals surface area contributed by atoms with E-state index in [1.165, 1.54) is 0 Å². The summed E-state index contributed by atoms with van der Waals surface area (Å²) in [5, 5.41) is 15.8. The molecule has 6 heteroatoms. The third-order valence-corrected chi connectivity index (χ3v) is 4.39. The van der Waals surface area contributed by atoms with E-state index >= 15 is 0 Å². The van der Waals surface area contributed by atoms with E-state index in [-0.39, 0.29) is 11.3 Å². The molecule has 2 N–H and O–H groups in total. The number of fused-ring (bicyclic) bond motifs is 1. The number of hydrazone groups is 1. The van der Waals surface area contributed by atoms with Crippen LogP contribution in [-0.4, -0.2) is 49.4 Å². The first kappa shape index (κ1) is 20.4. The molecule has 0 aromatic heterocycles. The number of carbonyl (C=O) groups is 1. The lowest BCUT2D eigenvalue weighted by molar-refractivity contribution is 0.0952. The van der Waals surface area contributed by atoms with Crippen LogP contribution in [0.5, 0.6) is 11.5 Å². The number of nitrogens with one attached hydrogen (secondary N) is 1. The van der Waals surface area contributed by atoms with Gasteiger partial charge in [0.2, 0.25) is 0 Å². The smallest absolute Gasteiger partial charge is 0.275 e. The number of phenolic OH excluding ortho intramolecular Hbond substituents is 1. The summed E-state index contributed by atoms with van der Waals surface area (Å²) in [5.41, 5.74) is 3.46. The maximum absolute atomic E-state index is 12.3. The van der Waals surface area contributed by atoms with Crippen molar-refractivity contribution in [3.63, 3.8) is 0 Å². The second-order valence-electron chi connectivity index (χ2n) is 6.99. The molecule has 3 aromatic rings. The van der Waals surface area contributed by atoms with Crippen molar-refractivity contribution in [1.29, 1.82) is 0 Å². The molecular formula is C23H25N3O3. The molecule has 0 atom stereocenters. The molecular weight excluding hydrogens is 366 g/mol. The average Bonchev–Trinajstić information content (AvgIpc) is 2.71. The van der Waals surface area contributed by atoms with Crippen molar-refractivity contribution in [2.45, 2.75) is 6.42 Å². The minimum absolute atomic E-state index is 0.0767. The van der Waals surface area contributed by atoms with Gasteiger partial charge in [0.1, 0.15) is 11.5 Å². The van der Waals surface area contributed by atoms with Crippen LogP contribution in [-0.2, 0) is 0 Å². The predicted molar refractivity (Wildman–Crippen MR) is 116 cm³/mol. The van der Waals surface area contributed by atoms with Crippen LogP contribution in [0, 0.1) is 0 Å². The lowest BCUT2D eigenvalue weighted by atomic mass is 10.1. The van der Waals surface area contributed by atoms with Gasteiger partial charge in [0.05, 0.1) is 18.4 Å². The minimum atomic E-state index is -0.467. The molecule has 3 rings (SSSR count). The van der Waals surface area contributed by atoms with Crippen LogP contribution in [0.1, 0.15) is 22.3 Å². The van der Waals surface area contributed by atoms with E-state index < -0.39 is 5.91 Å². The average molecular weight is 391 g/mol. The maximum Gasteiger partial charge on any atom is 0.275 e. The van der Waals surface area contributed by atoms with E-state index in [4.69, 9.17) is 4.74 Å². The lowest BCUT2D eigenvalue weighted by Gasteiger charge is -2.10. The molecule has 0 bridgehead atoms. The Balaban J connectivity index is 1.55. The molecule has 29 heavy (non-hydrogen) atoms. The molecule has 3 aromatic carbocycles. The molecule has 0 fully saturated rings.